The van der Waals surface area contributed by atoms with Gasteiger partial charge in [-0.25, -0.2) is 0 Å². The summed E-state index contributed by atoms with van der Waals surface area (Å²) in [6.45, 7) is 6.58. The molecule has 0 radical (unpaired) electrons. The standard InChI is InChI=1S/C14H21N3O2/c1-5-15-13(18)11-6-7-16-12(8-11)9-17(4)14(19)10(2)3/h6-8,10H,5,9H2,1-4H3,(H,15,18). The van der Waals surface area contributed by atoms with Crippen LogP contribution in [0.3, 0.4) is 0 Å². The van der Waals surface area contributed by atoms with Crippen molar-refractivity contribution in [2.75, 3.05) is 13.6 Å². The molecule has 1 N–H and O–H groups in total. The summed E-state index contributed by atoms with van der Waals surface area (Å²) in [6.07, 6.45) is 1.59. The summed E-state index contributed by atoms with van der Waals surface area (Å²) >= 11 is 0. The highest BCUT2D eigenvalue weighted by Crippen LogP contribution is 2.07. The predicted octanol–water partition coefficient (Wildman–Crippen LogP) is 1.45. The Hall–Kier alpha value is -1.91. The van der Waals surface area contributed by atoms with E-state index in [1.807, 2.05) is 20.8 Å². The van der Waals surface area contributed by atoms with Crippen molar-refractivity contribution in [3.05, 3.63) is 29.6 Å². The highest BCUT2D eigenvalue weighted by atomic mass is 16.2. The van der Waals surface area contributed by atoms with Gasteiger partial charge in [-0.3, -0.25) is 14.6 Å². The smallest absolute Gasteiger partial charge is 0.251 e. The second kappa shape index (κ2) is 6.87. The van der Waals surface area contributed by atoms with E-state index in [2.05, 4.69) is 10.3 Å². The van der Waals surface area contributed by atoms with Crippen molar-refractivity contribution < 1.29 is 9.59 Å². The topological polar surface area (TPSA) is 62.3 Å². The minimum Gasteiger partial charge on any atom is -0.352 e. The Kier molecular flexibility index (Phi) is 5.48. The lowest BCUT2D eigenvalue weighted by Gasteiger charge is -2.19. The van der Waals surface area contributed by atoms with Crippen molar-refractivity contribution in [3.63, 3.8) is 0 Å². The van der Waals surface area contributed by atoms with Gasteiger partial charge in [0.2, 0.25) is 5.91 Å². The second-order valence-electron chi connectivity index (χ2n) is 4.74. The maximum atomic E-state index is 11.8. The van der Waals surface area contributed by atoms with Crippen molar-refractivity contribution in [1.29, 1.82) is 0 Å². The van der Waals surface area contributed by atoms with Crippen LogP contribution in [0.5, 0.6) is 0 Å². The Balaban J connectivity index is 2.77. The van der Waals surface area contributed by atoms with Gasteiger partial charge in [-0.05, 0) is 19.1 Å². The van der Waals surface area contributed by atoms with E-state index in [-0.39, 0.29) is 17.7 Å². The Morgan fingerprint density at radius 2 is 2.11 bits per heavy atom. The van der Waals surface area contributed by atoms with E-state index in [9.17, 15) is 9.59 Å². The van der Waals surface area contributed by atoms with Crippen molar-refractivity contribution in [2.24, 2.45) is 5.92 Å². The van der Waals surface area contributed by atoms with E-state index in [0.29, 0.717) is 24.3 Å². The first-order valence-electron chi connectivity index (χ1n) is 6.43. The van der Waals surface area contributed by atoms with Crippen molar-refractivity contribution in [2.45, 2.75) is 27.3 Å². The number of nitrogens with zero attached hydrogens (tertiary/aromatic N) is 2. The first kappa shape index (κ1) is 15.1. The van der Waals surface area contributed by atoms with Gasteiger partial charge < -0.3 is 10.2 Å². The van der Waals surface area contributed by atoms with Crippen LogP contribution >= 0.6 is 0 Å². The molecule has 2 amide bonds. The van der Waals surface area contributed by atoms with E-state index in [1.54, 1.807) is 30.3 Å². The Morgan fingerprint density at radius 1 is 1.42 bits per heavy atom. The van der Waals surface area contributed by atoms with Crippen LogP contribution in [0.25, 0.3) is 0 Å². The number of aromatic nitrogens is 1. The number of hydrogen-bond acceptors (Lipinski definition) is 3. The lowest BCUT2D eigenvalue weighted by Crippen LogP contribution is -2.30. The third kappa shape index (κ3) is 4.35. The molecule has 1 heterocycles. The van der Waals surface area contributed by atoms with E-state index in [4.69, 9.17) is 0 Å². The summed E-state index contributed by atoms with van der Waals surface area (Å²) in [5, 5.41) is 2.74. The Labute approximate surface area is 114 Å². The fourth-order valence-corrected chi connectivity index (χ4v) is 1.73. The van der Waals surface area contributed by atoms with Crippen LogP contribution in [0.4, 0.5) is 0 Å². The predicted molar refractivity (Wildman–Crippen MR) is 73.6 cm³/mol. The van der Waals surface area contributed by atoms with Crippen molar-refractivity contribution >= 4 is 11.8 Å². The van der Waals surface area contributed by atoms with Gasteiger partial charge in [0.15, 0.2) is 0 Å². The molecule has 1 rings (SSSR count). The number of amides is 2. The van der Waals surface area contributed by atoms with Gasteiger partial charge in [0.05, 0.1) is 12.2 Å². The van der Waals surface area contributed by atoms with E-state index in [1.165, 1.54) is 0 Å². The molecule has 0 aliphatic heterocycles. The maximum absolute atomic E-state index is 11.8. The summed E-state index contributed by atoms with van der Waals surface area (Å²) in [5.41, 5.74) is 1.28. The second-order valence-corrected chi connectivity index (χ2v) is 4.74. The number of carbonyl (C=O) groups is 2. The molecular weight excluding hydrogens is 242 g/mol. The van der Waals surface area contributed by atoms with Crippen LogP contribution < -0.4 is 5.32 Å². The molecule has 0 aliphatic carbocycles. The fourth-order valence-electron chi connectivity index (χ4n) is 1.73. The molecule has 0 aliphatic rings. The van der Waals surface area contributed by atoms with Gasteiger partial charge in [-0.15, -0.1) is 0 Å². The molecule has 104 valence electrons. The molecule has 0 unspecified atom stereocenters. The SMILES string of the molecule is CCNC(=O)c1ccnc(CN(C)C(=O)C(C)C)c1. The number of carbonyl (C=O) groups excluding carboxylic acids is 2. The Morgan fingerprint density at radius 3 is 2.68 bits per heavy atom. The number of rotatable bonds is 5. The van der Waals surface area contributed by atoms with E-state index in [0.717, 1.165) is 0 Å². The summed E-state index contributed by atoms with van der Waals surface area (Å²) in [7, 11) is 1.74. The minimum atomic E-state index is -0.121. The van der Waals surface area contributed by atoms with E-state index >= 15 is 0 Å². The average molecular weight is 263 g/mol. The summed E-state index contributed by atoms with van der Waals surface area (Å²) in [5.74, 6) is -0.106. The largest absolute Gasteiger partial charge is 0.352 e. The maximum Gasteiger partial charge on any atom is 0.251 e. The molecule has 0 spiro atoms. The third-order valence-electron chi connectivity index (χ3n) is 2.69. The zero-order valence-corrected chi connectivity index (χ0v) is 11.9. The molecule has 1 aromatic rings. The zero-order chi connectivity index (χ0) is 14.4. The monoisotopic (exact) mass is 263 g/mol. The van der Waals surface area contributed by atoms with Crippen LogP contribution in [-0.4, -0.2) is 35.3 Å². The highest BCUT2D eigenvalue weighted by Gasteiger charge is 2.14. The van der Waals surface area contributed by atoms with Crippen LogP contribution in [0.15, 0.2) is 18.3 Å². The normalized spacial score (nSPS) is 10.4. The van der Waals surface area contributed by atoms with Gasteiger partial charge in [0.25, 0.3) is 5.91 Å². The lowest BCUT2D eigenvalue weighted by molar-refractivity contribution is -0.133. The highest BCUT2D eigenvalue weighted by molar-refractivity contribution is 5.94. The summed E-state index contributed by atoms with van der Waals surface area (Å²) < 4.78 is 0. The zero-order valence-electron chi connectivity index (χ0n) is 11.9. The quantitative estimate of drug-likeness (QED) is 0.874. The number of hydrogen-bond donors (Lipinski definition) is 1. The van der Waals surface area contributed by atoms with Gasteiger partial charge in [0.1, 0.15) is 0 Å². The minimum absolute atomic E-state index is 0.0448. The first-order valence-corrected chi connectivity index (χ1v) is 6.43. The molecule has 0 aromatic carbocycles. The fraction of sp³-hybridized carbons (Fsp3) is 0.500. The number of nitrogens with one attached hydrogen (secondary N) is 1. The van der Waals surface area contributed by atoms with Gasteiger partial charge in [-0.2, -0.15) is 0 Å². The molecule has 0 saturated carbocycles. The molecule has 0 fully saturated rings. The average Bonchev–Trinajstić information content (AvgIpc) is 2.38. The molecule has 5 nitrogen and oxygen atoms in total. The molecular formula is C14H21N3O2. The van der Waals surface area contributed by atoms with Gasteiger partial charge >= 0.3 is 0 Å². The van der Waals surface area contributed by atoms with Gasteiger partial charge in [-0.1, -0.05) is 13.8 Å². The molecule has 19 heavy (non-hydrogen) atoms. The van der Waals surface area contributed by atoms with Crippen LogP contribution in [0.2, 0.25) is 0 Å². The molecule has 0 saturated heterocycles. The number of pyridine rings is 1. The van der Waals surface area contributed by atoms with Crippen molar-refractivity contribution in [3.8, 4) is 0 Å². The van der Waals surface area contributed by atoms with Crippen LogP contribution in [0.1, 0.15) is 36.8 Å². The Bertz CT molecular complexity index is 458. The summed E-state index contributed by atoms with van der Waals surface area (Å²) in [6, 6.07) is 3.38. The van der Waals surface area contributed by atoms with Crippen molar-refractivity contribution in [1.82, 2.24) is 15.2 Å². The third-order valence-corrected chi connectivity index (χ3v) is 2.69. The first-order chi connectivity index (χ1) is 8.95. The van der Waals surface area contributed by atoms with Crippen LogP contribution in [-0.2, 0) is 11.3 Å². The molecule has 1 aromatic heterocycles. The van der Waals surface area contributed by atoms with Crippen LogP contribution in [0, 0.1) is 5.92 Å². The summed E-state index contributed by atoms with van der Waals surface area (Å²) in [4.78, 5) is 29.3. The van der Waals surface area contributed by atoms with E-state index < -0.39 is 0 Å². The molecule has 0 atom stereocenters. The molecule has 5 heteroatoms. The lowest BCUT2D eigenvalue weighted by atomic mass is 10.1. The van der Waals surface area contributed by atoms with Gasteiger partial charge in [0, 0.05) is 31.3 Å². The molecule has 0 bridgehead atoms.